The zero-order valence-corrected chi connectivity index (χ0v) is 9.14. The monoisotopic (exact) mass is 223 g/mol. The number of hydrogen-bond donors (Lipinski definition) is 0. The van der Waals surface area contributed by atoms with Gasteiger partial charge in [0.25, 0.3) is 0 Å². The molecule has 0 aliphatic carbocycles. The van der Waals surface area contributed by atoms with Crippen LogP contribution in [-0.2, 0) is 4.79 Å². The van der Waals surface area contributed by atoms with Crippen molar-refractivity contribution in [2.24, 2.45) is 5.92 Å². The zero-order valence-electron chi connectivity index (χ0n) is 9.14. The number of piperidine rings is 1. The van der Waals surface area contributed by atoms with Crippen molar-refractivity contribution in [2.75, 3.05) is 0 Å². The van der Waals surface area contributed by atoms with E-state index >= 15 is 0 Å². The summed E-state index contributed by atoms with van der Waals surface area (Å²) in [5.41, 5.74) is 0. The van der Waals surface area contributed by atoms with Gasteiger partial charge >= 0.3 is 6.18 Å². The van der Waals surface area contributed by atoms with Crippen LogP contribution in [0.15, 0.2) is 0 Å². The second kappa shape index (κ2) is 4.02. The lowest BCUT2D eigenvalue weighted by molar-refractivity contribution is -0.195. The van der Waals surface area contributed by atoms with E-state index in [2.05, 4.69) is 0 Å². The number of amides is 1. The van der Waals surface area contributed by atoms with E-state index in [-0.39, 0.29) is 30.8 Å². The van der Waals surface area contributed by atoms with E-state index in [0.29, 0.717) is 0 Å². The maximum atomic E-state index is 12.5. The van der Waals surface area contributed by atoms with E-state index in [4.69, 9.17) is 0 Å². The third-order valence-corrected chi connectivity index (χ3v) is 3.03. The van der Waals surface area contributed by atoms with Gasteiger partial charge < -0.3 is 4.90 Å². The topological polar surface area (TPSA) is 20.3 Å². The Hall–Kier alpha value is -0.740. The van der Waals surface area contributed by atoms with Crippen LogP contribution < -0.4 is 0 Å². The molecule has 2 nitrogen and oxygen atoms in total. The first-order valence-electron chi connectivity index (χ1n) is 5.09. The van der Waals surface area contributed by atoms with Gasteiger partial charge in [-0.1, -0.05) is 0 Å². The highest BCUT2D eigenvalue weighted by molar-refractivity contribution is 5.74. The minimum absolute atomic E-state index is 0.0213. The highest BCUT2D eigenvalue weighted by Gasteiger charge is 2.45. The Labute approximate surface area is 87.4 Å². The minimum Gasteiger partial charge on any atom is -0.338 e. The van der Waals surface area contributed by atoms with Gasteiger partial charge in [-0.25, -0.2) is 0 Å². The van der Waals surface area contributed by atoms with Crippen molar-refractivity contribution in [3.8, 4) is 0 Å². The third kappa shape index (κ3) is 2.63. The molecule has 0 aromatic carbocycles. The first-order valence-corrected chi connectivity index (χ1v) is 5.09. The van der Waals surface area contributed by atoms with Crippen molar-refractivity contribution < 1.29 is 18.0 Å². The first-order chi connectivity index (χ1) is 6.73. The van der Waals surface area contributed by atoms with Crippen LogP contribution >= 0.6 is 0 Å². The Morgan fingerprint density at radius 1 is 1.20 bits per heavy atom. The molecule has 1 fully saturated rings. The van der Waals surface area contributed by atoms with E-state index in [1.807, 2.05) is 0 Å². The van der Waals surface area contributed by atoms with Crippen molar-refractivity contribution in [2.45, 2.75) is 51.9 Å². The third-order valence-electron chi connectivity index (χ3n) is 3.03. The molecular weight excluding hydrogens is 207 g/mol. The van der Waals surface area contributed by atoms with Gasteiger partial charge in [-0.05, 0) is 26.7 Å². The lowest BCUT2D eigenvalue weighted by Gasteiger charge is -2.42. The Morgan fingerprint density at radius 3 is 1.87 bits per heavy atom. The molecule has 0 radical (unpaired) electrons. The fraction of sp³-hybridized carbons (Fsp3) is 0.900. The molecule has 2 unspecified atom stereocenters. The summed E-state index contributed by atoms with van der Waals surface area (Å²) in [6, 6.07) is -0.643. The Kier molecular flexibility index (Phi) is 3.31. The van der Waals surface area contributed by atoms with E-state index in [9.17, 15) is 18.0 Å². The van der Waals surface area contributed by atoms with Crippen molar-refractivity contribution in [3.05, 3.63) is 0 Å². The van der Waals surface area contributed by atoms with Gasteiger partial charge in [0.2, 0.25) is 5.91 Å². The summed E-state index contributed by atoms with van der Waals surface area (Å²) in [7, 11) is 0. The van der Waals surface area contributed by atoms with E-state index in [1.165, 1.54) is 6.92 Å². The summed E-state index contributed by atoms with van der Waals surface area (Å²) in [4.78, 5) is 12.8. The smallest absolute Gasteiger partial charge is 0.338 e. The summed E-state index contributed by atoms with van der Waals surface area (Å²) in [5.74, 6) is -1.41. The number of carbonyl (C=O) groups is 1. The molecule has 0 aromatic rings. The fourth-order valence-corrected chi connectivity index (χ4v) is 2.47. The largest absolute Gasteiger partial charge is 0.391 e. The quantitative estimate of drug-likeness (QED) is 0.618. The first kappa shape index (κ1) is 12.3. The summed E-state index contributed by atoms with van der Waals surface area (Å²) in [6.45, 7) is 4.76. The van der Waals surface area contributed by atoms with Gasteiger partial charge in [0.05, 0.1) is 5.92 Å². The molecule has 1 rings (SSSR count). The molecule has 5 heteroatoms. The average molecular weight is 223 g/mol. The lowest BCUT2D eigenvalue weighted by Crippen LogP contribution is -2.51. The van der Waals surface area contributed by atoms with Crippen LogP contribution in [0.2, 0.25) is 0 Å². The van der Waals surface area contributed by atoms with Crippen LogP contribution in [0.25, 0.3) is 0 Å². The highest BCUT2D eigenvalue weighted by atomic mass is 19.4. The molecule has 0 N–H and O–H groups in total. The van der Waals surface area contributed by atoms with Crippen LogP contribution in [0.5, 0.6) is 0 Å². The molecule has 88 valence electrons. The molecule has 1 amide bonds. The number of likely N-dealkylation sites (tertiary alicyclic amines) is 1. The van der Waals surface area contributed by atoms with Crippen LogP contribution in [0.4, 0.5) is 13.2 Å². The Bertz CT molecular complexity index is 240. The number of halogens is 3. The van der Waals surface area contributed by atoms with E-state index in [1.54, 1.807) is 18.7 Å². The van der Waals surface area contributed by atoms with Crippen molar-refractivity contribution in [1.29, 1.82) is 0 Å². The molecule has 15 heavy (non-hydrogen) atoms. The van der Waals surface area contributed by atoms with E-state index in [0.717, 1.165) is 0 Å². The number of nitrogens with zero attached hydrogens (tertiary/aromatic N) is 1. The van der Waals surface area contributed by atoms with Gasteiger partial charge in [-0.3, -0.25) is 4.79 Å². The molecule has 2 atom stereocenters. The van der Waals surface area contributed by atoms with Gasteiger partial charge in [-0.15, -0.1) is 0 Å². The van der Waals surface area contributed by atoms with Crippen LogP contribution in [0, 0.1) is 5.92 Å². The maximum Gasteiger partial charge on any atom is 0.391 e. The summed E-state index contributed by atoms with van der Waals surface area (Å²) in [6.07, 6.45) is -4.09. The molecule has 1 heterocycles. The predicted molar refractivity (Wildman–Crippen MR) is 50.2 cm³/mol. The number of rotatable bonds is 0. The van der Waals surface area contributed by atoms with Gasteiger partial charge in [-0.2, -0.15) is 13.2 Å². The predicted octanol–water partition coefficient (Wildman–Crippen LogP) is 2.58. The lowest BCUT2D eigenvalue weighted by atomic mass is 9.86. The molecule has 1 aliphatic heterocycles. The number of hydrogen-bond acceptors (Lipinski definition) is 1. The van der Waals surface area contributed by atoms with E-state index < -0.39 is 12.1 Å². The molecule has 1 saturated heterocycles. The zero-order chi connectivity index (χ0) is 11.8. The Morgan fingerprint density at radius 2 is 1.60 bits per heavy atom. The summed E-state index contributed by atoms with van der Waals surface area (Å²) in [5, 5.41) is 0. The second-order valence-corrected chi connectivity index (χ2v) is 4.33. The van der Waals surface area contributed by atoms with Crippen LogP contribution in [-0.4, -0.2) is 29.1 Å². The molecule has 1 aliphatic rings. The molecular formula is C10H16F3NO. The molecule has 0 spiro atoms. The SMILES string of the molecule is CC(=O)N1C(C)CC(C(F)(F)F)CC1C. The van der Waals surface area contributed by atoms with Gasteiger partial charge in [0.15, 0.2) is 0 Å². The van der Waals surface area contributed by atoms with Crippen molar-refractivity contribution in [3.63, 3.8) is 0 Å². The Balaban J connectivity index is 2.75. The van der Waals surface area contributed by atoms with Crippen molar-refractivity contribution >= 4 is 5.91 Å². The molecule has 0 bridgehead atoms. The highest BCUT2D eigenvalue weighted by Crippen LogP contribution is 2.38. The van der Waals surface area contributed by atoms with Gasteiger partial charge in [0.1, 0.15) is 0 Å². The maximum absolute atomic E-state index is 12.5. The van der Waals surface area contributed by atoms with Crippen LogP contribution in [0.1, 0.15) is 33.6 Å². The standard InChI is InChI=1S/C10H16F3NO/c1-6-4-9(10(11,12)13)5-7(2)14(6)8(3)15/h6-7,9H,4-5H2,1-3H3. The van der Waals surface area contributed by atoms with Crippen LogP contribution in [0.3, 0.4) is 0 Å². The van der Waals surface area contributed by atoms with Crippen molar-refractivity contribution in [1.82, 2.24) is 4.90 Å². The summed E-state index contributed by atoms with van der Waals surface area (Å²) < 4.78 is 37.5. The number of carbonyl (C=O) groups excluding carboxylic acids is 1. The molecule has 0 saturated carbocycles. The van der Waals surface area contributed by atoms with Gasteiger partial charge in [0, 0.05) is 19.0 Å². The fourth-order valence-electron chi connectivity index (χ4n) is 2.47. The second-order valence-electron chi connectivity index (χ2n) is 4.33. The minimum atomic E-state index is -4.13. The molecule has 0 aromatic heterocycles. The average Bonchev–Trinajstić information content (AvgIpc) is 1.99. The normalized spacial score (nSPS) is 32.9. The summed E-state index contributed by atoms with van der Waals surface area (Å²) >= 11 is 0. The number of alkyl halides is 3.